The molecule has 1 fully saturated rings. The number of rotatable bonds is 7. The van der Waals surface area contributed by atoms with Crippen molar-refractivity contribution >= 4 is 11.6 Å². The number of hydrogen-bond donors (Lipinski definition) is 2. The van der Waals surface area contributed by atoms with E-state index in [0.717, 1.165) is 44.6 Å². The van der Waals surface area contributed by atoms with Crippen molar-refractivity contribution in [2.75, 3.05) is 38.2 Å². The molecule has 0 aliphatic carbocycles. The van der Waals surface area contributed by atoms with E-state index in [9.17, 15) is 4.39 Å². The number of hydrogen-bond acceptors (Lipinski definition) is 3. The molecule has 2 rings (SSSR count). The van der Waals surface area contributed by atoms with Crippen LogP contribution >= 0.6 is 0 Å². The van der Waals surface area contributed by atoms with Crippen molar-refractivity contribution in [3.8, 4) is 0 Å². The first-order chi connectivity index (χ1) is 11.7. The van der Waals surface area contributed by atoms with Gasteiger partial charge in [0.25, 0.3) is 0 Å². The molecule has 1 aliphatic rings. The van der Waals surface area contributed by atoms with Gasteiger partial charge in [-0.3, -0.25) is 4.99 Å². The normalized spacial score (nSPS) is 17.8. The summed E-state index contributed by atoms with van der Waals surface area (Å²) >= 11 is 0. The topological polar surface area (TPSA) is 48.9 Å². The molecule has 0 spiro atoms. The van der Waals surface area contributed by atoms with Crippen LogP contribution in [0.4, 0.5) is 10.1 Å². The van der Waals surface area contributed by atoms with Gasteiger partial charge in [-0.2, -0.15) is 0 Å². The maximum atomic E-state index is 14.3. The first kappa shape index (κ1) is 18.5. The van der Waals surface area contributed by atoms with Crippen LogP contribution in [0.15, 0.2) is 23.2 Å². The molecule has 0 saturated carbocycles. The second kappa shape index (κ2) is 9.47. The maximum Gasteiger partial charge on any atom is 0.191 e. The Morgan fingerprint density at radius 2 is 2.12 bits per heavy atom. The smallest absolute Gasteiger partial charge is 0.191 e. The van der Waals surface area contributed by atoms with Gasteiger partial charge in [-0.15, -0.1) is 0 Å². The van der Waals surface area contributed by atoms with Crippen molar-refractivity contribution in [3.63, 3.8) is 0 Å². The molecule has 24 heavy (non-hydrogen) atoms. The highest BCUT2D eigenvalue weighted by Crippen LogP contribution is 2.20. The standard InChI is InChI=1S/C18H29FN4O/c1-4-23(5-2)17-9-8-14(11-16(17)19)12-21-18(20-3)22-13-15-7-6-10-24-15/h8-9,11,15H,4-7,10,12-13H2,1-3H3,(H2,20,21,22). The quantitative estimate of drug-likeness (QED) is 0.593. The van der Waals surface area contributed by atoms with E-state index in [1.54, 1.807) is 13.1 Å². The zero-order chi connectivity index (χ0) is 17.4. The zero-order valence-corrected chi connectivity index (χ0v) is 14.9. The lowest BCUT2D eigenvalue weighted by Gasteiger charge is -2.22. The van der Waals surface area contributed by atoms with Crippen LogP contribution in [0, 0.1) is 5.82 Å². The second-order valence-corrected chi connectivity index (χ2v) is 5.90. The third-order valence-electron chi connectivity index (χ3n) is 4.32. The van der Waals surface area contributed by atoms with Crippen molar-refractivity contribution in [1.82, 2.24) is 10.6 Å². The minimum absolute atomic E-state index is 0.180. The van der Waals surface area contributed by atoms with Gasteiger partial charge in [-0.25, -0.2) is 4.39 Å². The molecule has 1 aromatic carbocycles. The molecule has 2 N–H and O–H groups in total. The Kier molecular flexibility index (Phi) is 7.31. The van der Waals surface area contributed by atoms with Gasteiger partial charge in [0, 0.05) is 39.8 Å². The third kappa shape index (κ3) is 5.09. The molecule has 1 aromatic rings. The molecule has 1 saturated heterocycles. The number of ether oxygens (including phenoxy) is 1. The number of nitrogens with zero attached hydrogens (tertiary/aromatic N) is 2. The van der Waals surface area contributed by atoms with E-state index in [-0.39, 0.29) is 11.9 Å². The Morgan fingerprint density at radius 3 is 2.71 bits per heavy atom. The average molecular weight is 336 g/mol. The Balaban J connectivity index is 1.87. The highest BCUT2D eigenvalue weighted by Gasteiger charge is 2.15. The van der Waals surface area contributed by atoms with E-state index in [1.807, 2.05) is 30.9 Å². The Labute approximate surface area is 144 Å². The Morgan fingerprint density at radius 1 is 1.33 bits per heavy atom. The van der Waals surface area contributed by atoms with E-state index in [0.29, 0.717) is 18.2 Å². The SMILES string of the molecule is CCN(CC)c1ccc(CNC(=NC)NCC2CCCO2)cc1F. The number of aliphatic imine (C=N–C) groups is 1. The molecule has 5 nitrogen and oxygen atoms in total. The van der Waals surface area contributed by atoms with Gasteiger partial charge in [-0.05, 0) is 44.4 Å². The minimum Gasteiger partial charge on any atom is -0.376 e. The number of benzene rings is 1. The molecule has 1 unspecified atom stereocenters. The summed E-state index contributed by atoms with van der Waals surface area (Å²) in [7, 11) is 1.73. The number of nitrogens with one attached hydrogen (secondary N) is 2. The molecular formula is C18H29FN4O. The number of halogens is 1. The first-order valence-corrected chi connectivity index (χ1v) is 8.77. The summed E-state index contributed by atoms with van der Waals surface area (Å²) in [6, 6.07) is 5.40. The van der Waals surface area contributed by atoms with Crippen LogP contribution in [0.25, 0.3) is 0 Å². The molecule has 1 aliphatic heterocycles. The maximum absolute atomic E-state index is 14.3. The zero-order valence-electron chi connectivity index (χ0n) is 14.9. The molecule has 0 radical (unpaired) electrons. The van der Waals surface area contributed by atoms with Crippen LogP contribution in [0.5, 0.6) is 0 Å². The van der Waals surface area contributed by atoms with Crippen LogP contribution in [0.1, 0.15) is 32.3 Å². The molecule has 134 valence electrons. The predicted molar refractivity (Wildman–Crippen MR) is 97.1 cm³/mol. The fourth-order valence-electron chi connectivity index (χ4n) is 2.90. The van der Waals surface area contributed by atoms with E-state index < -0.39 is 0 Å². The summed E-state index contributed by atoms with van der Waals surface area (Å²) in [5, 5.41) is 6.47. The van der Waals surface area contributed by atoms with Crippen molar-refractivity contribution in [1.29, 1.82) is 0 Å². The summed E-state index contributed by atoms with van der Waals surface area (Å²) in [4.78, 5) is 6.20. The molecular weight excluding hydrogens is 307 g/mol. The van der Waals surface area contributed by atoms with E-state index >= 15 is 0 Å². The fraction of sp³-hybridized carbons (Fsp3) is 0.611. The van der Waals surface area contributed by atoms with Crippen LogP contribution in [-0.4, -0.2) is 45.4 Å². The van der Waals surface area contributed by atoms with Gasteiger partial charge >= 0.3 is 0 Å². The lowest BCUT2D eigenvalue weighted by Crippen LogP contribution is -2.40. The van der Waals surface area contributed by atoms with Gasteiger partial charge in [0.15, 0.2) is 5.96 Å². The van der Waals surface area contributed by atoms with Crippen LogP contribution in [0.3, 0.4) is 0 Å². The van der Waals surface area contributed by atoms with E-state index in [1.165, 1.54) is 0 Å². The molecule has 1 atom stereocenters. The largest absolute Gasteiger partial charge is 0.376 e. The van der Waals surface area contributed by atoms with E-state index in [4.69, 9.17) is 4.74 Å². The summed E-state index contributed by atoms with van der Waals surface area (Å²) in [6.07, 6.45) is 2.47. The summed E-state index contributed by atoms with van der Waals surface area (Å²) in [5.41, 5.74) is 1.55. The number of guanidine groups is 1. The summed E-state index contributed by atoms with van der Waals surface area (Å²) in [6.45, 7) is 7.77. The first-order valence-electron chi connectivity index (χ1n) is 8.77. The molecule has 1 heterocycles. The van der Waals surface area contributed by atoms with Crippen molar-refractivity contribution in [3.05, 3.63) is 29.6 Å². The molecule has 0 amide bonds. The van der Waals surface area contributed by atoms with Crippen LogP contribution in [0.2, 0.25) is 0 Å². The van der Waals surface area contributed by atoms with Gasteiger partial charge in [0.05, 0.1) is 11.8 Å². The van der Waals surface area contributed by atoms with E-state index in [2.05, 4.69) is 15.6 Å². The van der Waals surface area contributed by atoms with Crippen molar-refractivity contribution in [2.45, 2.75) is 39.3 Å². The molecule has 6 heteroatoms. The fourth-order valence-corrected chi connectivity index (χ4v) is 2.90. The lowest BCUT2D eigenvalue weighted by atomic mass is 10.2. The third-order valence-corrected chi connectivity index (χ3v) is 4.32. The van der Waals surface area contributed by atoms with Crippen LogP contribution < -0.4 is 15.5 Å². The lowest BCUT2D eigenvalue weighted by molar-refractivity contribution is 0.114. The second-order valence-electron chi connectivity index (χ2n) is 5.90. The Hall–Kier alpha value is -1.82. The average Bonchev–Trinajstić information content (AvgIpc) is 3.11. The minimum atomic E-state index is -0.180. The monoisotopic (exact) mass is 336 g/mol. The van der Waals surface area contributed by atoms with Crippen molar-refractivity contribution < 1.29 is 9.13 Å². The predicted octanol–water partition coefficient (Wildman–Crippen LogP) is 2.52. The highest BCUT2D eigenvalue weighted by atomic mass is 19.1. The van der Waals surface area contributed by atoms with Gasteiger partial charge < -0.3 is 20.3 Å². The molecule has 0 bridgehead atoms. The van der Waals surface area contributed by atoms with Crippen LogP contribution in [-0.2, 0) is 11.3 Å². The summed E-state index contributed by atoms with van der Waals surface area (Å²) in [5.74, 6) is 0.527. The van der Waals surface area contributed by atoms with Gasteiger partial charge in [0.1, 0.15) is 5.82 Å². The summed E-state index contributed by atoms with van der Waals surface area (Å²) < 4.78 is 19.9. The molecule has 0 aromatic heterocycles. The highest BCUT2D eigenvalue weighted by molar-refractivity contribution is 5.79. The number of anilines is 1. The van der Waals surface area contributed by atoms with Gasteiger partial charge in [0.2, 0.25) is 0 Å². The van der Waals surface area contributed by atoms with Gasteiger partial charge in [-0.1, -0.05) is 6.07 Å². The van der Waals surface area contributed by atoms with Crippen molar-refractivity contribution in [2.24, 2.45) is 4.99 Å². The Bertz CT molecular complexity index is 540.